The monoisotopic (exact) mass is 271 g/mol. The molecule has 0 unspecified atom stereocenters. The minimum absolute atomic E-state index is 0.420. The first-order chi connectivity index (χ1) is 5.72. The number of benzene rings is 1. The highest BCUT2D eigenvalue weighted by molar-refractivity contribution is 14.1. The fraction of sp³-hybridized carbons (Fsp3) is 0. The summed E-state index contributed by atoms with van der Waals surface area (Å²) >= 11 is 2.19. The van der Waals surface area contributed by atoms with Gasteiger partial charge in [-0.05, 0) is 52.8 Å². The molecule has 0 atom stereocenters. The molecule has 0 heterocycles. The molecule has 0 aromatic heterocycles. The third-order valence-electron chi connectivity index (χ3n) is 1.23. The van der Waals surface area contributed by atoms with Crippen molar-refractivity contribution in [3.8, 4) is 12.3 Å². The second-order valence-corrected chi connectivity index (χ2v) is 3.35. The number of hydrogen-bond acceptors (Lipinski definition) is 1. The van der Waals surface area contributed by atoms with Crippen LogP contribution < -0.4 is 5.32 Å². The second kappa shape index (κ2) is 4.12. The molecule has 0 saturated heterocycles. The number of anilines is 1. The van der Waals surface area contributed by atoms with E-state index in [-0.39, 0.29) is 0 Å². The molecule has 0 aliphatic rings. The van der Waals surface area contributed by atoms with E-state index in [2.05, 4.69) is 27.9 Å². The van der Waals surface area contributed by atoms with Gasteiger partial charge in [-0.25, -0.2) is 0 Å². The summed E-state index contributed by atoms with van der Waals surface area (Å²) in [6.07, 6.45) is 4.89. The Morgan fingerprint density at radius 3 is 2.50 bits per heavy atom. The predicted octanol–water partition coefficient (Wildman–Crippen LogP) is 1.86. The number of carbonyl (C=O) groups excluding carboxylic acids is 1. The molecule has 2 nitrogen and oxygen atoms in total. The fourth-order valence-electron chi connectivity index (χ4n) is 0.700. The van der Waals surface area contributed by atoms with Crippen LogP contribution in [0.3, 0.4) is 0 Å². The van der Waals surface area contributed by atoms with Gasteiger partial charge in [0.05, 0.1) is 0 Å². The lowest BCUT2D eigenvalue weighted by Crippen LogP contribution is -2.07. The molecule has 1 N–H and O–H groups in total. The molecule has 0 fully saturated rings. The maximum atomic E-state index is 10.7. The van der Waals surface area contributed by atoms with Crippen LogP contribution in [-0.2, 0) is 4.79 Å². The van der Waals surface area contributed by atoms with Crippen LogP contribution in [0.2, 0.25) is 0 Å². The van der Waals surface area contributed by atoms with Gasteiger partial charge in [0, 0.05) is 9.26 Å². The fourth-order valence-corrected chi connectivity index (χ4v) is 1.06. The Labute approximate surface area is 84.5 Å². The van der Waals surface area contributed by atoms with Gasteiger partial charge in [0.15, 0.2) is 0 Å². The molecule has 0 aliphatic heterocycles. The van der Waals surface area contributed by atoms with Gasteiger partial charge in [-0.2, -0.15) is 0 Å². The normalized spacial score (nSPS) is 8.67. The van der Waals surface area contributed by atoms with Crippen LogP contribution in [0.5, 0.6) is 0 Å². The average Bonchev–Trinajstić information content (AvgIpc) is 2.09. The minimum Gasteiger partial charge on any atom is -0.315 e. The molecule has 60 valence electrons. The first-order valence-electron chi connectivity index (χ1n) is 3.25. The van der Waals surface area contributed by atoms with Crippen LogP contribution in [0.25, 0.3) is 0 Å². The molecule has 0 bridgehead atoms. The van der Waals surface area contributed by atoms with Gasteiger partial charge in [-0.15, -0.1) is 6.42 Å². The van der Waals surface area contributed by atoms with Crippen LogP contribution in [-0.4, -0.2) is 5.91 Å². The Hall–Kier alpha value is -1.02. The summed E-state index contributed by atoms with van der Waals surface area (Å²) in [5.74, 6) is 1.56. The van der Waals surface area contributed by atoms with Crippen molar-refractivity contribution in [1.82, 2.24) is 0 Å². The smallest absolute Gasteiger partial charge is 0.300 e. The standard InChI is InChI=1S/C9H6INO/c1-2-9(12)11-8-5-3-7(10)4-6-8/h1,3-6H,(H,11,12). The van der Waals surface area contributed by atoms with Gasteiger partial charge in [0.2, 0.25) is 0 Å². The van der Waals surface area contributed by atoms with Gasteiger partial charge in [0.1, 0.15) is 0 Å². The zero-order chi connectivity index (χ0) is 8.97. The average molecular weight is 271 g/mol. The largest absolute Gasteiger partial charge is 0.315 e. The van der Waals surface area contributed by atoms with Crippen LogP contribution in [0.1, 0.15) is 0 Å². The minimum atomic E-state index is -0.420. The van der Waals surface area contributed by atoms with Crippen molar-refractivity contribution < 1.29 is 4.79 Å². The molecule has 0 spiro atoms. The number of halogens is 1. The molecule has 3 heteroatoms. The molecule has 1 aromatic carbocycles. The number of terminal acetylenes is 1. The molecule has 12 heavy (non-hydrogen) atoms. The Morgan fingerprint density at radius 1 is 1.42 bits per heavy atom. The maximum absolute atomic E-state index is 10.7. The highest BCUT2D eigenvalue weighted by Gasteiger charge is 1.95. The van der Waals surface area contributed by atoms with Gasteiger partial charge in [0.25, 0.3) is 5.91 Å². The molecule has 1 aromatic rings. The van der Waals surface area contributed by atoms with E-state index >= 15 is 0 Å². The van der Waals surface area contributed by atoms with Gasteiger partial charge in [-0.3, -0.25) is 4.79 Å². The number of hydrogen-bond donors (Lipinski definition) is 1. The molecular formula is C9H6INO. The van der Waals surface area contributed by atoms with E-state index in [1.54, 1.807) is 12.1 Å². The van der Waals surface area contributed by atoms with Crippen molar-refractivity contribution in [2.24, 2.45) is 0 Å². The Bertz CT molecular complexity index is 323. The van der Waals surface area contributed by atoms with Crippen molar-refractivity contribution in [1.29, 1.82) is 0 Å². The van der Waals surface area contributed by atoms with Crippen molar-refractivity contribution in [2.45, 2.75) is 0 Å². The number of rotatable bonds is 1. The third kappa shape index (κ3) is 2.55. The number of amides is 1. The molecule has 0 radical (unpaired) electrons. The summed E-state index contributed by atoms with van der Waals surface area (Å²) in [6.45, 7) is 0. The zero-order valence-electron chi connectivity index (χ0n) is 6.17. The number of carbonyl (C=O) groups is 1. The van der Waals surface area contributed by atoms with E-state index in [1.807, 2.05) is 18.1 Å². The zero-order valence-corrected chi connectivity index (χ0v) is 8.33. The first kappa shape index (κ1) is 9.07. The summed E-state index contributed by atoms with van der Waals surface area (Å²) in [4.78, 5) is 10.7. The van der Waals surface area contributed by atoms with Crippen LogP contribution in [0, 0.1) is 15.9 Å². The summed E-state index contributed by atoms with van der Waals surface area (Å²) in [5, 5.41) is 2.54. The first-order valence-corrected chi connectivity index (χ1v) is 4.33. The van der Waals surface area contributed by atoms with Gasteiger partial charge >= 0.3 is 0 Å². The molecule has 0 saturated carbocycles. The summed E-state index contributed by atoms with van der Waals surface area (Å²) < 4.78 is 1.12. The summed E-state index contributed by atoms with van der Waals surface area (Å²) in [6, 6.07) is 7.40. The third-order valence-corrected chi connectivity index (χ3v) is 1.95. The van der Waals surface area contributed by atoms with E-state index in [0.717, 1.165) is 9.26 Å². The molecule has 1 rings (SSSR count). The quantitative estimate of drug-likeness (QED) is 0.613. The van der Waals surface area contributed by atoms with E-state index in [9.17, 15) is 4.79 Å². The molecule has 0 aliphatic carbocycles. The Morgan fingerprint density at radius 2 is 2.00 bits per heavy atom. The van der Waals surface area contributed by atoms with Crippen molar-refractivity contribution in [3.05, 3.63) is 27.8 Å². The van der Waals surface area contributed by atoms with Crippen LogP contribution in [0.4, 0.5) is 5.69 Å². The van der Waals surface area contributed by atoms with Gasteiger partial charge < -0.3 is 5.32 Å². The van der Waals surface area contributed by atoms with Crippen molar-refractivity contribution in [3.63, 3.8) is 0 Å². The summed E-state index contributed by atoms with van der Waals surface area (Å²) in [7, 11) is 0. The van der Waals surface area contributed by atoms with Crippen molar-refractivity contribution in [2.75, 3.05) is 5.32 Å². The van der Waals surface area contributed by atoms with Crippen LogP contribution >= 0.6 is 22.6 Å². The lowest BCUT2D eigenvalue weighted by atomic mass is 10.3. The molecular weight excluding hydrogens is 265 g/mol. The van der Waals surface area contributed by atoms with E-state index in [0.29, 0.717) is 0 Å². The lowest BCUT2D eigenvalue weighted by Gasteiger charge is -1.99. The maximum Gasteiger partial charge on any atom is 0.300 e. The summed E-state index contributed by atoms with van der Waals surface area (Å²) in [5.41, 5.74) is 0.721. The van der Waals surface area contributed by atoms with E-state index in [4.69, 9.17) is 6.42 Å². The number of nitrogens with one attached hydrogen (secondary N) is 1. The van der Waals surface area contributed by atoms with E-state index < -0.39 is 5.91 Å². The topological polar surface area (TPSA) is 29.1 Å². The van der Waals surface area contributed by atoms with Crippen LogP contribution in [0.15, 0.2) is 24.3 Å². The van der Waals surface area contributed by atoms with E-state index in [1.165, 1.54) is 0 Å². The van der Waals surface area contributed by atoms with Gasteiger partial charge in [-0.1, -0.05) is 0 Å². The lowest BCUT2D eigenvalue weighted by molar-refractivity contribution is -0.111. The predicted molar refractivity (Wildman–Crippen MR) is 56.6 cm³/mol. The highest BCUT2D eigenvalue weighted by Crippen LogP contribution is 2.10. The second-order valence-electron chi connectivity index (χ2n) is 2.11. The Kier molecular flexibility index (Phi) is 3.11. The molecule has 1 amide bonds. The van der Waals surface area contributed by atoms with Crippen molar-refractivity contribution >= 4 is 34.2 Å². The SMILES string of the molecule is C#CC(=O)Nc1ccc(I)cc1. The Balaban J connectivity index is 2.73. The highest BCUT2D eigenvalue weighted by atomic mass is 127.